The van der Waals surface area contributed by atoms with Gasteiger partial charge < -0.3 is 9.70 Å². The molecule has 0 aliphatic heterocycles. The first-order chi connectivity index (χ1) is 9.57. The number of aliphatic imine (C=N–C) groups is 1. The van der Waals surface area contributed by atoms with E-state index in [-0.39, 0.29) is 6.42 Å². The monoisotopic (exact) mass is 340 g/mol. The Hall–Kier alpha value is -0.893. The van der Waals surface area contributed by atoms with Gasteiger partial charge in [0.15, 0.2) is 8.32 Å². The second-order valence-corrected chi connectivity index (χ2v) is 11.5. The third-order valence-electron chi connectivity index (χ3n) is 4.16. The summed E-state index contributed by atoms with van der Waals surface area (Å²) in [7, 11) is 0.621. The number of halogens is 3. The van der Waals surface area contributed by atoms with E-state index in [4.69, 9.17) is 0 Å². The Morgan fingerprint density at radius 1 is 1.23 bits per heavy atom. The van der Waals surface area contributed by atoms with Crippen molar-refractivity contribution in [3.8, 4) is 0 Å². The van der Waals surface area contributed by atoms with Crippen molar-refractivity contribution in [1.82, 2.24) is 4.90 Å². The molecule has 130 valence electrons. The van der Waals surface area contributed by atoms with Gasteiger partial charge in [0, 0.05) is 20.0 Å². The second kappa shape index (κ2) is 7.12. The first kappa shape index (κ1) is 21.1. The first-order valence-corrected chi connectivity index (χ1v) is 10.1. The van der Waals surface area contributed by atoms with Gasteiger partial charge in [-0.25, -0.2) is 4.99 Å². The first-order valence-electron chi connectivity index (χ1n) is 7.12. The van der Waals surface area contributed by atoms with Crippen molar-refractivity contribution in [2.45, 2.75) is 57.9 Å². The van der Waals surface area contributed by atoms with E-state index in [1.54, 1.807) is 52.9 Å². The molecular formula is C14H27F3N2O2Si. The molecular weight excluding hydrogens is 313 g/mol. The van der Waals surface area contributed by atoms with Crippen LogP contribution in [0.1, 0.15) is 33.6 Å². The lowest BCUT2D eigenvalue weighted by atomic mass is 9.92. The lowest BCUT2D eigenvalue weighted by Gasteiger charge is -2.37. The standard InChI is InChI=1S/C14H27F3N2O2Si/c1-10(19(4)5)18-12(20)11(9-14(15,16)17)8-13(2,3)22(6,7)21/h11,21H,8-9H2,1-7H3/b18-10+. The SMILES string of the molecule is C/C(=N\C(=O)C(CC(F)(F)F)CC(C)(C)[Si](C)(C)O)N(C)C. The average molecular weight is 340 g/mol. The third-order valence-corrected chi connectivity index (χ3v) is 7.68. The highest BCUT2D eigenvalue weighted by molar-refractivity contribution is 6.72. The molecule has 8 heteroatoms. The maximum atomic E-state index is 12.8. The normalized spacial score (nSPS) is 15.7. The Labute approximate surface area is 131 Å². The number of amidine groups is 1. The quantitative estimate of drug-likeness (QED) is 0.474. The summed E-state index contributed by atoms with van der Waals surface area (Å²) in [6.45, 7) is 8.31. The van der Waals surface area contributed by atoms with E-state index >= 15 is 0 Å². The minimum absolute atomic E-state index is 0.0364. The summed E-state index contributed by atoms with van der Waals surface area (Å²) in [6, 6.07) is 0. The maximum Gasteiger partial charge on any atom is 0.389 e. The lowest BCUT2D eigenvalue weighted by molar-refractivity contribution is -0.153. The Balaban J connectivity index is 5.41. The van der Waals surface area contributed by atoms with Gasteiger partial charge in [-0.1, -0.05) is 13.8 Å². The number of hydrogen-bond donors (Lipinski definition) is 1. The number of nitrogens with zero attached hydrogens (tertiary/aromatic N) is 2. The summed E-state index contributed by atoms with van der Waals surface area (Å²) in [4.78, 5) is 27.7. The van der Waals surface area contributed by atoms with E-state index in [9.17, 15) is 22.8 Å². The van der Waals surface area contributed by atoms with Crippen LogP contribution < -0.4 is 0 Å². The van der Waals surface area contributed by atoms with Gasteiger partial charge >= 0.3 is 6.18 Å². The molecule has 0 radical (unpaired) electrons. The fourth-order valence-electron chi connectivity index (χ4n) is 1.74. The molecule has 1 amide bonds. The third kappa shape index (κ3) is 6.91. The molecule has 0 bridgehead atoms. The van der Waals surface area contributed by atoms with E-state index < -0.39 is 37.8 Å². The lowest BCUT2D eigenvalue weighted by Crippen LogP contribution is -2.41. The second-order valence-electron chi connectivity index (χ2n) is 7.05. The van der Waals surface area contributed by atoms with Crippen LogP contribution >= 0.6 is 0 Å². The fraction of sp³-hybridized carbons (Fsp3) is 0.857. The van der Waals surface area contributed by atoms with Crippen LogP contribution in [0.3, 0.4) is 0 Å². The molecule has 0 aliphatic rings. The molecule has 0 aromatic rings. The summed E-state index contributed by atoms with van der Waals surface area (Å²) in [5.74, 6) is -1.70. The summed E-state index contributed by atoms with van der Waals surface area (Å²) in [5, 5.41) is -0.722. The highest BCUT2D eigenvalue weighted by Gasteiger charge is 2.44. The molecule has 0 saturated carbocycles. The van der Waals surface area contributed by atoms with Crippen LogP contribution in [0, 0.1) is 5.92 Å². The molecule has 22 heavy (non-hydrogen) atoms. The van der Waals surface area contributed by atoms with Gasteiger partial charge in [-0.15, -0.1) is 0 Å². The molecule has 1 N–H and O–H groups in total. The Morgan fingerprint density at radius 3 is 2.00 bits per heavy atom. The zero-order valence-corrected chi connectivity index (χ0v) is 15.4. The molecule has 0 saturated heterocycles. The highest BCUT2D eigenvalue weighted by atomic mass is 28.4. The van der Waals surface area contributed by atoms with E-state index in [0.29, 0.717) is 5.84 Å². The van der Waals surface area contributed by atoms with Crippen molar-refractivity contribution in [1.29, 1.82) is 0 Å². The van der Waals surface area contributed by atoms with Crippen LogP contribution in [0.25, 0.3) is 0 Å². The van der Waals surface area contributed by atoms with Crippen molar-refractivity contribution >= 4 is 20.1 Å². The molecule has 1 atom stereocenters. The number of carbonyl (C=O) groups excluding carboxylic acids is 1. The minimum Gasteiger partial charge on any atom is -0.432 e. The van der Waals surface area contributed by atoms with Crippen LogP contribution in [0.4, 0.5) is 13.2 Å². The molecule has 0 aromatic carbocycles. The zero-order valence-electron chi connectivity index (χ0n) is 14.4. The number of carbonyl (C=O) groups is 1. The van der Waals surface area contributed by atoms with Crippen LogP contribution in [0.5, 0.6) is 0 Å². The van der Waals surface area contributed by atoms with Crippen LogP contribution in [0.15, 0.2) is 4.99 Å². The molecule has 1 unspecified atom stereocenters. The molecule has 0 heterocycles. The molecule has 4 nitrogen and oxygen atoms in total. The van der Waals surface area contributed by atoms with Gasteiger partial charge in [-0.3, -0.25) is 4.79 Å². The topological polar surface area (TPSA) is 52.9 Å². The van der Waals surface area contributed by atoms with Gasteiger partial charge in [-0.05, 0) is 31.5 Å². The summed E-state index contributed by atoms with van der Waals surface area (Å²) in [5.41, 5.74) is 0. The molecule has 0 rings (SSSR count). The van der Waals surface area contributed by atoms with E-state index in [0.717, 1.165) is 0 Å². The van der Waals surface area contributed by atoms with E-state index in [1.165, 1.54) is 0 Å². The van der Waals surface area contributed by atoms with E-state index in [1.807, 2.05) is 0 Å². The van der Waals surface area contributed by atoms with Crippen LogP contribution in [-0.2, 0) is 4.79 Å². The Kier molecular flexibility index (Phi) is 6.83. The maximum absolute atomic E-state index is 12.8. The Morgan fingerprint density at radius 2 is 1.68 bits per heavy atom. The van der Waals surface area contributed by atoms with Crippen LogP contribution in [-0.4, -0.2) is 50.0 Å². The largest absolute Gasteiger partial charge is 0.432 e. The average Bonchev–Trinajstić information content (AvgIpc) is 2.23. The summed E-state index contributed by atoms with van der Waals surface area (Å²) < 4.78 is 38.3. The van der Waals surface area contributed by atoms with Crippen molar-refractivity contribution < 1.29 is 22.8 Å². The predicted molar refractivity (Wildman–Crippen MR) is 84.3 cm³/mol. The van der Waals surface area contributed by atoms with Gasteiger partial charge in [0.25, 0.3) is 5.91 Å². The molecule has 0 aromatic heterocycles. The van der Waals surface area contributed by atoms with Crippen molar-refractivity contribution in [3.05, 3.63) is 0 Å². The Bertz CT molecular complexity index is 427. The number of alkyl halides is 3. The van der Waals surface area contributed by atoms with E-state index in [2.05, 4.69) is 4.99 Å². The van der Waals surface area contributed by atoms with Gasteiger partial charge in [-0.2, -0.15) is 13.2 Å². The van der Waals surface area contributed by atoms with Crippen LogP contribution in [0.2, 0.25) is 18.1 Å². The number of hydrogen-bond acceptors (Lipinski definition) is 2. The molecule has 0 fully saturated rings. The molecule has 0 aliphatic carbocycles. The fourth-order valence-corrected chi connectivity index (χ4v) is 2.49. The number of amides is 1. The summed E-state index contributed by atoms with van der Waals surface area (Å²) >= 11 is 0. The van der Waals surface area contributed by atoms with Crippen molar-refractivity contribution in [2.75, 3.05) is 14.1 Å². The minimum atomic E-state index is -4.45. The van der Waals surface area contributed by atoms with Gasteiger partial charge in [0.2, 0.25) is 0 Å². The van der Waals surface area contributed by atoms with Gasteiger partial charge in [0.1, 0.15) is 5.84 Å². The van der Waals surface area contributed by atoms with Gasteiger partial charge in [0.05, 0.1) is 6.42 Å². The predicted octanol–water partition coefficient (Wildman–Crippen LogP) is 3.43. The molecule has 0 spiro atoms. The van der Waals surface area contributed by atoms with Crippen molar-refractivity contribution in [3.63, 3.8) is 0 Å². The van der Waals surface area contributed by atoms with Crippen molar-refractivity contribution in [2.24, 2.45) is 10.9 Å². The smallest absolute Gasteiger partial charge is 0.389 e. The number of rotatable bonds is 5. The summed E-state index contributed by atoms with van der Waals surface area (Å²) in [6.07, 6.45) is -5.70. The highest BCUT2D eigenvalue weighted by Crippen LogP contribution is 2.44. The zero-order chi connectivity index (χ0) is 17.9.